The van der Waals surface area contributed by atoms with Gasteiger partial charge < -0.3 is 14.9 Å². The molecule has 0 aromatic heterocycles. The molecule has 10 heavy (non-hydrogen) atoms. The molecule has 1 unspecified atom stereocenters. The number of hydrogen-bond donors (Lipinski definition) is 2. The highest BCUT2D eigenvalue weighted by molar-refractivity contribution is 4.72. The quantitative estimate of drug-likeness (QED) is 0.552. The van der Waals surface area contributed by atoms with Gasteiger partial charge in [0, 0.05) is 12.3 Å². The Morgan fingerprint density at radius 3 is 2.70 bits per heavy atom. The maximum absolute atomic E-state index is 9.30. The summed E-state index contributed by atoms with van der Waals surface area (Å²) in [5, 5.41) is 18.2. The zero-order chi connectivity index (χ0) is 7.56. The van der Waals surface area contributed by atoms with Crippen molar-refractivity contribution in [2.45, 2.75) is 32.2 Å². The molecule has 1 rings (SSSR count). The highest BCUT2D eigenvalue weighted by atomic mass is 16.6. The van der Waals surface area contributed by atoms with E-state index in [0.717, 1.165) is 6.42 Å². The molecule has 0 aromatic carbocycles. The van der Waals surface area contributed by atoms with Gasteiger partial charge >= 0.3 is 0 Å². The second-order valence-electron chi connectivity index (χ2n) is 2.76. The van der Waals surface area contributed by atoms with Crippen LogP contribution in [0.25, 0.3) is 0 Å². The van der Waals surface area contributed by atoms with Crippen LogP contribution in [0.2, 0.25) is 0 Å². The Balaban J connectivity index is 2.36. The largest absolute Gasteiger partial charge is 0.393 e. The molecule has 60 valence electrons. The molecule has 0 saturated carbocycles. The SMILES string of the molecule is CC[C@@H]1COC(O)C[C@H]1O. The molecule has 0 aliphatic carbocycles. The lowest BCUT2D eigenvalue weighted by atomic mass is 9.96. The van der Waals surface area contributed by atoms with Crippen LogP contribution in [0.5, 0.6) is 0 Å². The van der Waals surface area contributed by atoms with E-state index in [1.165, 1.54) is 0 Å². The van der Waals surface area contributed by atoms with Crippen molar-refractivity contribution in [1.82, 2.24) is 0 Å². The smallest absolute Gasteiger partial charge is 0.157 e. The fraction of sp³-hybridized carbons (Fsp3) is 1.00. The summed E-state index contributed by atoms with van der Waals surface area (Å²) in [5.41, 5.74) is 0. The molecule has 0 radical (unpaired) electrons. The zero-order valence-electron chi connectivity index (χ0n) is 6.16. The van der Waals surface area contributed by atoms with Gasteiger partial charge in [0.2, 0.25) is 0 Å². The Morgan fingerprint density at radius 2 is 2.20 bits per heavy atom. The van der Waals surface area contributed by atoms with E-state index in [-0.39, 0.29) is 12.0 Å². The van der Waals surface area contributed by atoms with Crippen LogP contribution in [-0.2, 0) is 4.74 Å². The van der Waals surface area contributed by atoms with Gasteiger partial charge in [-0.3, -0.25) is 0 Å². The van der Waals surface area contributed by atoms with Crippen LogP contribution in [0.3, 0.4) is 0 Å². The summed E-state index contributed by atoms with van der Waals surface area (Å²) in [5.74, 6) is 0.211. The summed E-state index contributed by atoms with van der Waals surface area (Å²) in [4.78, 5) is 0. The standard InChI is InChI=1S/C7H14O3/c1-2-5-4-10-7(9)3-6(5)8/h5-9H,2-4H2,1H3/t5-,6-,7?/m1/s1. The molecular weight excluding hydrogens is 132 g/mol. The minimum absolute atomic E-state index is 0.211. The lowest BCUT2D eigenvalue weighted by molar-refractivity contribution is -0.175. The molecule has 2 N–H and O–H groups in total. The first-order valence-electron chi connectivity index (χ1n) is 3.71. The van der Waals surface area contributed by atoms with E-state index in [1.54, 1.807) is 0 Å². The fourth-order valence-electron chi connectivity index (χ4n) is 1.20. The predicted molar refractivity (Wildman–Crippen MR) is 36.4 cm³/mol. The van der Waals surface area contributed by atoms with Crippen LogP contribution in [-0.4, -0.2) is 29.2 Å². The summed E-state index contributed by atoms with van der Waals surface area (Å²) in [6.07, 6.45) is 0.137. The van der Waals surface area contributed by atoms with Crippen LogP contribution < -0.4 is 0 Å². The van der Waals surface area contributed by atoms with Gasteiger partial charge in [0.1, 0.15) is 0 Å². The van der Waals surface area contributed by atoms with E-state index in [1.807, 2.05) is 6.92 Å². The first-order valence-corrected chi connectivity index (χ1v) is 3.71. The van der Waals surface area contributed by atoms with E-state index in [0.29, 0.717) is 13.0 Å². The van der Waals surface area contributed by atoms with Gasteiger partial charge in [0.05, 0.1) is 12.7 Å². The monoisotopic (exact) mass is 146 g/mol. The second-order valence-corrected chi connectivity index (χ2v) is 2.76. The molecule has 0 aromatic rings. The molecule has 3 nitrogen and oxygen atoms in total. The third kappa shape index (κ3) is 1.68. The van der Waals surface area contributed by atoms with Crippen molar-refractivity contribution >= 4 is 0 Å². The van der Waals surface area contributed by atoms with E-state index < -0.39 is 6.29 Å². The van der Waals surface area contributed by atoms with E-state index >= 15 is 0 Å². The number of ether oxygens (including phenoxy) is 1. The minimum Gasteiger partial charge on any atom is -0.393 e. The number of rotatable bonds is 1. The normalized spacial score (nSPS) is 41.7. The van der Waals surface area contributed by atoms with Crippen molar-refractivity contribution in [2.24, 2.45) is 5.92 Å². The molecule has 0 amide bonds. The highest BCUT2D eigenvalue weighted by Crippen LogP contribution is 2.20. The molecule has 1 aliphatic heterocycles. The second kappa shape index (κ2) is 3.32. The average Bonchev–Trinajstić information content (AvgIpc) is 1.88. The third-order valence-corrected chi connectivity index (χ3v) is 2.01. The summed E-state index contributed by atoms with van der Waals surface area (Å²) in [6, 6.07) is 0. The lowest BCUT2D eigenvalue weighted by Crippen LogP contribution is -2.36. The van der Waals surface area contributed by atoms with Gasteiger partial charge in [-0.25, -0.2) is 0 Å². The maximum Gasteiger partial charge on any atom is 0.157 e. The fourth-order valence-corrected chi connectivity index (χ4v) is 1.20. The first kappa shape index (κ1) is 7.98. The van der Waals surface area contributed by atoms with Gasteiger partial charge in [-0.2, -0.15) is 0 Å². The van der Waals surface area contributed by atoms with Crippen LogP contribution in [0.4, 0.5) is 0 Å². The van der Waals surface area contributed by atoms with Crippen molar-refractivity contribution < 1.29 is 14.9 Å². The van der Waals surface area contributed by atoms with Gasteiger partial charge in [-0.15, -0.1) is 0 Å². The first-order chi connectivity index (χ1) is 4.74. The van der Waals surface area contributed by atoms with Crippen molar-refractivity contribution in [3.05, 3.63) is 0 Å². The van der Waals surface area contributed by atoms with Gasteiger partial charge in [-0.05, 0) is 6.42 Å². The van der Waals surface area contributed by atoms with Gasteiger partial charge in [-0.1, -0.05) is 6.92 Å². The Hall–Kier alpha value is -0.120. The van der Waals surface area contributed by atoms with Crippen LogP contribution >= 0.6 is 0 Å². The van der Waals surface area contributed by atoms with Gasteiger partial charge in [0.25, 0.3) is 0 Å². The Kier molecular flexibility index (Phi) is 2.65. The van der Waals surface area contributed by atoms with E-state index in [4.69, 9.17) is 9.84 Å². The molecule has 1 heterocycles. The Morgan fingerprint density at radius 1 is 1.50 bits per heavy atom. The summed E-state index contributed by atoms with van der Waals surface area (Å²) in [6.45, 7) is 2.49. The average molecular weight is 146 g/mol. The summed E-state index contributed by atoms with van der Waals surface area (Å²) < 4.78 is 4.95. The van der Waals surface area contributed by atoms with Crippen LogP contribution in [0.15, 0.2) is 0 Å². The molecular formula is C7H14O3. The number of hydrogen-bond acceptors (Lipinski definition) is 3. The van der Waals surface area contributed by atoms with Crippen molar-refractivity contribution in [3.63, 3.8) is 0 Å². The Labute approximate surface area is 60.6 Å². The van der Waals surface area contributed by atoms with Gasteiger partial charge in [0.15, 0.2) is 6.29 Å². The van der Waals surface area contributed by atoms with Crippen molar-refractivity contribution in [1.29, 1.82) is 0 Å². The molecule has 1 fully saturated rings. The topological polar surface area (TPSA) is 49.7 Å². The maximum atomic E-state index is 9.30. The molecule has 1 aliphatic rings. The highest BCUT2D eigenvalue weighted by Gasteiger charge is 2.26. The predicted octanol–water partition coefficient (Wildman–Crippen LogP) is 0.112. The van der Waals surface area contributed by atoms with E-state index in [9.17, 15) is 5.11 Å². The van der Waals surface area contributed by atoms with E-state index in [2.05, 4.69) is 0 Å². The molecule has 0 spiro atoms. The number of aliphatic hydroxyl groups excluding tert-OH is 2. The van der Waals surface area contributed by atoms with Crippen molar-refractivity contribution in [3.8, 4) is 0 Å². The van der Waals surface area contributed by atoms with Crippen molar-refractivity contribution in [2.75, 3.05) is 6.61 Å². The zero-order valence-corrected chi connectivity index (χ0v) is 6.16. The lowest BCUT2D eigenvalue weighted by Gasteiger charge is -2.29. The molecule has 3 heteroatoms. The molecule has 0 bridgehead atoms. The summed E-state index contributed by atoms with van der Waals surface area (Å²) in [7, 11) is 0. The number of aliphatic hydroxyl groups is 2. The Bertz CT molecular complexity index is 105. The van der Waals surface area contributed by atoms with Crippen LogP contribution in [0.1, 0.15) is 19.8 Å². The molecule has 1 saturated heterocycles. The summed E-state index contributed by atoms with van der Waals surface area (Å²) >= 11 is 0. The van der Waals surface area contributed by atoms with Crippen LogP contribution in [0, 0.1) is 5.92 Å². The minimum atomic E-state index is -0.752. The molecule has 3 atom stereocenters. The third-order valence-electron chi connectivity index (χ3n) is 2.01.